The highest BCUT2D eigenvalue weighted by Gasteiger charge is 2.40. The third-order valence-corrected chi connectivity index (χ3v) is 4.90. The van der Waals surface area contributed by atoms with Gasteiger partial charge in [-0.25, -0.2) is 0 Å². The second kappa shape index (κ2) is 8.32. The van der Waals surface area contributed by atoms with Crippen LogP contribution in [0.5, 0.6) is 0 Å². The molecule has 2 rings (SSSR count). The van der Waals surface area contributed by atoms with Gasteiger partial charge in [-0.1, -0.05) is 44.3 Å². The Morgan fingerprint density at radius 3 is 2.59 bits per heavy atom. The van der Waals surface area contributed by atoms with Crippen molar-refractivity contribution < 1.29 is 9.53 Å². The van der Waals surface area contributed by atoms with E-state index in [1.807, 2.05) is 0 Å². The molecule has 0 aromatic carbocycles. The van der Waals surface area contributed by atoms with Crippen LogP contribution in [0.1, 0.15) is 51.4 Å². The van der Waals surface area contributed by atoms with Crippen LogP contribution in [-0.2, 0) is 9.53 Å². The molecule has 0 aromatic rings. The molecule has 0 aromatic heterocycles. The van der Waals surface area contributed by atoms with E-state index in [0.29, 0.717) is 12.5 Å². The fraction of sp³-hybridized carbons (Fsp3) is 0.765. The van der Waals surface area contributed by atoms with Crippen LogP contribution in [-0.4, -0.2) is 37.5 Å². The van der Waals surface area contributed by atoms with Gasteiger partial charge in [-0.15, -0.1) is 0 Å². The van der Waals surface area contributed by atoms with E-state index in [4.69, 9.17) is 10.1 Å². The third kappa shape index (κ3) is 4.32. The normalized spacial score (nSPS) is 22.2. The number of amides is 1. The van der Waals surface area contributed by atoms with Gasteiger partial charge in [-0.3, -0.25) is 10.2 Å². The van der Waals surface area contributed by atoms with Crippen molar-refractivity contribution in [2.45, 2.75) is 63.0 Å². The van der Waals surface area contributed by atoms with Gasteiger partial charge < -0.3 is 15.4 Å². The molecule has 1 unspecified atom stereocenters. The Kier molecular flexibility index (Phi) is 6.43. The molecule has 2 aliphatic rings. The van der Waals surface area contributed by atoms with E-state index in [0.717, 1.165) is 25.6 Å². The highest BCUT2D eigenvalue weighted by Crippen LogP contribution is 2.31. The van der Waals surface area contributed by atoms with Crippen LogP contribution in [0.4, 0.5) is 0 Å². The Labute approximate surface area is 133 Å². The number of likely N-dealkylation sites (N-methyl/N-ethyl adjacent to an activating group) is 1. The minimum Gasteiger partial charge on any atom is -0.375 e. The Morgan fingerprint density at radius 1 is 1.32 bits per heavy atom. The predicted molar refractivity (Wildman–Crippen MR) is 88.0 cm³/mol. The van der Waals surface area contributed by atoms with Gasteiger partial charge in [0.15, 0.2) is 0 Å². The van der Waals surface area contributed by atoms with Crippen LogP contribution >= 0.6 is 0 Å². The van der Waals surface area contributed by atoms with E-state index in [9.17, 15) is 4.79 Å². The largest absolute Gasteiger partial charge is 0.375 e. The molecule has 5 heteroatoms. The summed E-state index contributed by atoms with van der Waals surface area (Å²) < 4.78 is 6.00. The van der Waals surface area contributed by atoms with Crippen molar-refractivity contribution in [3.05, 3.63) is 12.2 Å². The van der Waals surface area contributed by atoms with Crippen LogP contribution in [0.25, 0.3) is 0 Å². The highest BCUT2D eigenvalue weighted by atomic mass is 16.5. The topological polar surface area (TPSA) is 74.2 Å². The molecule has 1 saturated carbocycles. The van der Waals surface area contributed by atoms with Crippen LogP contribution in [0, 0.1) is 11.3 Å². The fourth-order valence-corrected chi connectivity index (χ4v) is 3.63. The van der Waals surface area contributed by atoms with Gasteiger partial charge in [-0.05, 0) is 25.2 Å². The number of nitrogens with one attached hydrogen (secondary N) is 3. The van der Waals surface area contributed by atoms with E-state index < -0.39 is 5.54 Å². The average molecular weight is 307 g/mol. The molecule has 5 nitrogen and oxygen atoms in total. The first-order chi connectivity index (χ1) is 10.7. The molecule has 0 radical (unpaired) electrons. The Morgan fingerprint density at radius 2 is 2.00 bits per heavy atom. The molecular formula is C17H29N3O2. The number of hydrogen-bond donors (Lipinski definition) is 3. The third-order valence-electron chi connectivity index (χ3n) is 4.90. The maximum Gasteiger partial charge on any atom is 0.247 e. The SMILES string of the molecule is CNC(=O)C(COC1CC=CC1)(CC1CCCCC1)NC=N. The number of carbonyl (C=O) groups excluding carboxylic acids is 1. The molecular weight excluding hydrogens is 278 g/mol. The minimum absolute atomic E-state index is 0.0764. The zero-order chi connectivity index (χ0) is 15.8. The molecule has 1 amide bonds. The number of rotatable bonds is 8. The fourth-order valence-electron chi connectivity index (χ4n) is 3.63. The van der Waals surface area contributed by atoms with Crippen molar-refractivity contribution in [2.24, 2.45) is 5.92 Å². The summed E-state index contributed by atoms with van der Waals surface area (Å²) in [4.78, 5) is 12.5. The summed E-state index contributed by atoms with van der Waals surface area (Å²) in [6.45, 7) is 0.324. The lowest BCUT2D eigenvalue weighted by Crippen LogP contribution is -2.60. The van der Waals surface area contributed by atoms with Gasteiger partial charge >= 0.3 is 0 Å². The van der Waals surface area contributed by atoms with Crippen molar-refractivity contribution in [3.8, 4) is 0 Å². The number of ether oxygens (including phenoxy) is 1. The van der Waals surface area contributed by atoms with Gasteiger partial charge in [0.05, 0.1) is 19.0 Å². The van der Waals surface area contributed by atoms with E-state index in [1.165, 1.54) is 32.1 Å². The first-order valence-electron chi connectivity index (χ1n) is 8.45. The number of hydrogen-bond acceptors (Lipinski definition) is 3. The Hall–Kier alpha value is -1.36. The molecule has 124 valence electrons. The molecule has 1 atom stereocenters. The summed E-state index contributed by atoms with van der Waals surface area (Å²) in [6.07, 6.45) is 14.2. The molecule has 0 aliphatic heterocycles. The molecule has 0 bridgehead atoms. The van der Waals surface area contributed by atoms with Gasteiger partial charge in [0, 0.05) is 7.05 Å². The zero-order valence-corrected chi connectivity index (χ0v) is 13.6. The van der Waals surface area contributed by atoms with E-state index in [1.54, 1.807) is 7.05 Å². The summed E-state index contributed by atoms with van der Waals surface area (Å²) in [5, 5.41) is 13.2. The van der Waals surface area contributed by atoms with Crippen molar-refractivity contribution in [1.82, 2.24) is 10.6 Å². The number of carbonyl (C=O) groups is 1. The highest BCUT2D eigenvalue weighted by molar-refractivity contribution is 5.88. The second-order valence-corrected chi connectivity index (χ2v) is 6.53. The average Bonchev–Trinajstić information content (AvgIpc) is 3.06. The zero-order valence-electron chi connectivity index (χ0n) is 13.6. The molecule has 22 heavy (non-hydrogen) atoms. The molecule has 3 N–H and O–H groups in total. The standard InChI is InChI=1S/C17H29N3O2/c1-19-16(21)17(20-13-18,11-14-7-3-2-4-8-14)12-22-15-9-5-6-10-15/h5-6,13-15H,2-4,7-12H2,1H3,(H2,18,20)(H,19,21). The summed E-state index contributed by atoms with van der Waals surface area (Å²) in [5.41, 5.74) is -0.818. The maximum absolute atomic E-state index is 12.5. The van der Waals surface area contributed by atoms with Crippen molar-refractivity contribution in [3.63, 3.8) is 0 Å². The summed E-state index contributed by atoms with van der Waals surface area (Å²) >= 11 is 0. The molecule has 1 fully saturated rings. The first-order valence-corrected chi connectivity index (χ1v) is 8.45. The molecule has 0 saturated heterocycles. The maximum atomic E-state index is 12.5. The van der Waals surface area contributed by atoms with Crippen LogP contribution < -0.4 is 10.6 Å². The predicted octanol–water partition coefficient (Wildman–Crippen LogP) is 2.37. The summed E-state index contributed by atoms with van der Waals surface area (Å²) in [7, 11) is 1.65. The van der Waals surface area contributed by atoms with Crippen molar-refractivity contribution in [2.75, 3.05) is 13.7 Å². The Balaban J connectivity index is 2.04. The summed E-state index contributed by atoms with van der Waals surface area (Å²) in [5.74, 6) is 0.455. The van der Waals surface area contributed by atoms with Crippen LogP contribution in [0.3, 0.4) is 0 Å². The minimum atomic E-state index is -0.818. The molecule has 2 aliphatic carbocycles. The van der Waals surface area contributed by atoms with Crippen molar-refractivity contribution >= 4 is 12.2 Å². The van der Waals surface area contributed by atoms with E-state index in [2.05, 4.69) is 22.8 Å². The monoisotopic (exact) mass is 307 g/mol. The van der Waals surface area contributed by atoms with E-state index in [-0.39, 0.29) is 12.0 Å². The van der Waals surface area contributed by atoms with Gasteiger partial charge in [0.1, 0.15) is 5.54 Å². The van der Waals surface area contributed by atoms with Crippen LogP contribution in [0.15, 0.2) is 12.2 Å². The quantitative estimate of drug-likeness (QED) is 0.366. The van der Waals surface area contributed by atoms with Gasteiger partial charge in [0.25, 0.3) is 0 Å². The molecule has 0 heterocycles. The lowest BCUT2D eigenvalue weighted by atomic mass is 9.79. The smallest absolute Gasteiger partial charge is 0.247 e. The summed E-state index contributed by atoms with van der Waals surface area (Å²) in [6, 6.07) is 0. The Bertz CT molecular complexity index is 397. The van der Waals surface area contributed by atoms with Crippen LogP contribution in [0.2, 0.25) is 0 Å². The van der Waals surface area contributed by atoms with Crippen molar-refractivity contribution in [1.29, 1.82) is 5.41 Å². The van der Waals surface area contributed by atoms with Gasteiger partial charge in [0.2, 0.25) is 5.91 Å². The lowest BCUT2D eigenvalue weighted by Gasteiger charge is -2.37. The lowest BCUT2D eigenvalue weighted by molar-refractivity contribution is -0.131. The molecule has 0 spiro atoms. The van der Waals surface area contributed by atoms with E-state index >= 15 is 0 Å². The van der Waals surface area contributed by atoms with Gasteiger partial charge in [-0.2, -0.15) is 0 Å². The second-order valence-electron chi connectivity index (χ2n) is 6.53. The first kappa shape index (κ1) is 17.0.